The first kappa shape index (κ1) is 20.4. The monoisotopic (exact) mass is 374 g/mol. The number of cyclic esters (lactones) is 1. The Bertz CT molecular complexity index is 632. The molecule has 1 fully saturated rings. The summed E-state index contributed by atoms with van der Waals surface area (Å²) in [6.45, 7) is 4.17. The summed E-state index contributed by atoms with van der Waals surface area (Å²) in [6.07, 6.45) is 14.1. The largest absolute Gasteiger partial charge is 0.458 e. The van der Waals surface area contributed by atoms with Crippen molar-refractivity contribution in [2.75, 3.05) is 0 Å². The maximum atomic E-state index is 14.5. The van der Waals surface area contributed by atoms with Crippen LogP contribution in [0.4, 0.5) is 4.39 Å². The molecule has 1 atom stereocenters. The van der Waals surface area contributed by atoms with E-state index in [2.05, 4.69) is 6.92 Å². The van der Waals surface area contributed by atoms with E-state index in [-0.39, 0.29) is 17.5 Å². The van der Waals surface area contributed by atoms with Gasteiger partial charge < -0.3 is 4.74 Å². The first-order chi connectivity index (χ1) is 13.1. The molecule has 0 N–H and O–H groups in total. The normalized spacial score (nSPS) is 25.1. The van der Waals surface area contributed by atoms with Crippen molar-refractivity contribution in [2.45, 2.75) is 97.0 Å². The molecule has 1 aromatic rings. The molecule has 1 saturated carbocycles. The molecule has 1 aliphatic carbocycles. The van der Waals surface area contributed by atoms with Crippen LogP contribution in [0.1, 0.15) is 99.5 Å². The SMILES string of the molecule is CCCCCC1CCC(CCC2Cc3ccc(CC)c(F)c3C(=O)O2)CC1. The number of carbonyl (C=O) groups is 1. The number of rotatable bonds is 8. The van der Waals surface area contributed by atoms with E-state index in [9.17, 15) is 9.18 Å². The minimum Gasteiger partial charge on any atom is -0.458 e. The predicted molar refractivity (Wildman–Crippen MR) is 108 cm³/mol. The molecule has 0 aromatic heterocycles. The van der Waals surface area contributed by atoms with Crippen LogP contribution in [-0.2, 0) is 17.6 Å². The van der Waals surface area contributed by atoms with E-state index < -0.39 is 5.97 Å². The Morgan fingerprint density at radius 3 is 2.37 bits per heavy atom. The van der Waals surface area contributed by atoms with Crippen LogP contribution in [0.2, 0.25) is 0 Å². The van der Waals surface area contributed by atoms with Gasteiger partial charge in [0.1, 0.15) is 11.9 Å². The first-order valence-corrected chi connectivity index (χ1v) is 11.1. The van der Waals surface area contributed by atoms with Gasteiger partial charge in [-0.2, -0.15) is 0 Å². The smallest absolute Gasteiger partial charge is 0.341 e. The van der Waals surface area contributed by atoms with Crippen molar-refractivity contribution >= 4 is 5.97 Å². The minimum atomic E-state index is -0.464. The number of unbranched alkanes of at least 4 members (excludes halogenated alkanes) is 2. The highest BCUT2D eigenvalue weighted by molar-refractivity contribution is 5.92. The van der Waals surface area contributed by atoms with Gasteiger partial charge in [0.15, 0.2) is 0 Å². The van der Waals surface area contributed by atoms with Gasteiger partial charge in [-0.05, 0) is 42.2 Å². The van der Waals surface area contributed by atoms with Crippen molar-refractivity contribution in [3.63, 3.8) is 0 Å². The van der Waals surface area contributed by atoms with E-state index in [4.69, 9.17) is 4.74 Å². The number of benzene rings is 1. The van der Waals surface area contributed by atoms with Gasteiger partial charge in [0.25, 0.3) is 0 Å². The lowest BCUT2D eigenvalue weighted by Gasteiger charge is -2.31. The van der Waals surface area contributed by atoms with Crippen LogP contribution >= 0.6 is 0 Å². The number of carbonyl (C=O) groups excluding carboxylic acids is 1. The minimum absolute atomic E-state index is 0.0841. The highest BCUT2D eigenvalue weighted by atomic mass is 19.1. The number of aryl methyl sites for hydroxylation is 1. The van der Waals surface area contributed by atoms with Crippen LogP contribution in [0.5, 0.6) is 0 Å². The molecule has 0 bridgehead atoms. The third-order valence-corrected chi connectivity index (χ3v) is 6.69. The topological polar surface area (TPSA) is 26.3 Å². The predicted octanol–water partition coefficient (Wildman–Crippen LogP) is 6.64. The van der Waals surface area contributed by atoms with Crippen LogP contribution in [0.25, 0.3) is 0 Å². The summed E-state index contributed by atoms with van der Waals surface area (Å²) in [7, 11) is 0. The van der Waals surface area contributed by atoms with E-state index in [1.54, 1.807) is 0 Å². The molecule has 0 amide bonds. The number of hydrogen-bond acceptors (Lipinski definition) is 2. The van der Waals surface area contributed by atoms with Crippen molar-refractivity contribution < 1.29 is 13.9 Å². The highest BCUT2D eigenvalue weighted by Gasteiger charge is 2.31. The Kier molecular flexibility index (Phi) is 7.32. The summed E-state index contributed by atoms with van der Waals surface area (Å²) < 4.78 is 20.0. The quantitative estimate of drug-likeness (QED) is 0.377. The van der Waals surface area contributed by atoms with Crippen molar-refractivity contribution in [1.82, 2.24) is 0 Å². The molecule has 27 heavy (non-hydrogen) atoms. The Morgan fingerprint density at radius 1 is 1.00 bits per heavy atom. The van der Waals surface area contributed by atoms with Gasteiger partial charge in [0.2, 0.25) is 0 Å². The molecule has 3 heteroatoms. The summed E-state index contributed by atoms with van der Waals surface area (Å²) >= 11 is 0. The molecule has 0 spiro atoms. The van der Waals surface area contributed by atoms with Gasteiger partial charge in [0.05, 0.1) is 5.56 Å². The summed E-state index contributed by atoms with van der Waals surface area (Å²) in [5, 5.41) is 0. The zero-order valence-corrected chi connectivity index (χ0v) is 17.1. The van der Waals surface area contributed by atoms with E-state index in [1.165, 1.54) is 51.4 Å². The van der Waals surface area contributed by atoms with Gasteiger partial charge in [-0.3, -0.25) is 0 Å². The number of fused-ring (bicyclic) bond motifs is 1. The van der Waals surface area contributed by atoms with Crippen LogP contribution in [-0.4, -0.2) is 12.1 Å². The third kappa shape index (κ3) is 5.12. The van der Waals surface area contributed by atoms with Gasteiger partial charge in [-0.25, -0.2) is 9.18 Å². The summed E-state index contributed by atoms with van der Waals surface area (Å²) in [6, 6.07) is 3.75. The molecule has 1 heterocycles. The second-order valence-electron chi connectivity index (χ2n) is 8.62. The number of halogens is 1. The molecule has 0 saturated heterocycles. The van der Waals surface area contributed by atoms with Gasteiger partial charge >= 0.3 is 5.97 Å². The van der Waals surface area contributed by atoms with Crippen molar-refractivity contribution in [2.24, 2.45) is 11.8 Å². The molecule has 3 rings (SSSR count). The molecule has 2 aliphatic rings. The Hall–Kier alpha value is -1.38. The average Bonchev–Trinajstić information content (AvgIpc) is 2.67. The molecule has 150 valence electrons. The third-order valence-electron chi connectivity index (χ3n) is 6.69. The average molecular weight is 375 g/mol. The van der Waals surface area contributed by atoms with Crippen molar-refractivity contribution in [3.05, 3.63) is 34.6 Å². The van der Waals surface area contributed by atoms with Gasteiger partial charge in [0, 0.05) is 6.42 Å². The van der Waals surface area contributed by atoms with Crippen LogP contribution in [0.3, 0.4) is 0 Å². The fraction of sp³-hybridized carbons (Fsp3) is 0.708. The van der Waals surface area contributed by atoms with E-state index in [0.717, 1.165) is 30.2 Å². The highest BCUT2D eigenvalue weighted by Crippen LogP contribution is 2.35. The van der Waals surface area contributed by atoms with Crippen molar-refractivity contribution in [3.8, 4) is 0 Å². The molecular weight excluding hydrogens is 339 g/mol. The van der Waals surface area contributed by atoms with Crippen LogP contribution in [0, 0.1) is 17.7 Å². The Morgan fingerprint density at radius 2 is 1.70 bits per heavy atom. The van der Waals surface area contributed by atoms with Crippen molar-refractivity contribution in [1.29, 1.82) is 0 Å². The molecular formula is C24H35FO2. The number of esters is 1. The summed E-state index contributed by atoms with van der Waals surface area (Å²) in [5.41, 5.74) is 1.60. The zero-order chi connectivity index (χ0) is 19.2. The fourth-order valence-electron chi connectivity index (χ4n) is 4.89. The maximum Gasteiger partial charge on any atom is 0.341 e. The Balaban J connectivity index is 1.47. The molecule has 1 unspecified atom stereocenters. The number of ether oxygens (including phenoxy) is 1. The molecule has 0 radical (unpaired) electrons. The Labute approximate surface area is 163 Å². The lowest BCUT2D eigenvalue weighted by Crippen LogP contribution is -2.29. The lowest BCUT2D eigenvalue weighted by molar-refractivity contribution is 0.0208. The zero-order valence-electron chi connectivity index (χ0n) is 17.1. The van der Waals surface area contributed by atoms with Gasteiger partial charge in [-0.15, -0.1) is 0 Å². The second-order valence-corrected chi connectivity index (χ2v) is 8.62. The molecule has 1 aromatic carbocycles. The van der Waals surface area contributed by atoms with Crippen LogP contribution < -0.4 is 0 Å². The molecule has 2 nitrogen and oxygen atoms in total. The van der Waals surface area contributed by atoms with E-state index in [0.29, 0.717) is 18.4 Å². The van der Waals surface area contributed by atoms with Gasteiger partial charge in [-0.1, -0.05) is 77.3 Å². The van der Waals surface area contributed by atoms with Crippen LogP contribution in [0.15, 0.2) is 12.1 Å². The first-order valence-electron chi connectivity index (χ1n) is 11.1. The summed E-state index contributed by atoms with van der Waals surface area (Å²) in [5.74, 6) is 0.864. The van der Waals surface area contributed by atoms with E-state index in [1.807, 2.05) is 19.1 Å². The summed E-state index contributed by atoms with van der Waals surface area (Å²) in [4.78, 5) is 12.3. The lowest BCUT2D eigenvalue weighted by atomic mass is 9.77. The number of hydrogen-bond donors (Lipinski definition) is 0. The standard InChI is InChI=1S/C24H35FO2/c1-3-5-6-7-17-8-10-18(11-9-17)12-15-21-16-20-14-13-19(4-2)23(25)22(20)24(26)27-21/h13-14,17-18,21H,3-12,15-16H2,1-2H3. The fourth-order valence-corrected chi connectivity index (χ4v) is 4.89. The second kappa shape index (κ2) is 9.71. The molecule has 1 aliphatic heterocycles. The van der Waals surface area contributed by atoms with E-state index >= 15 is 0 Å². The maximum absolute atomic E-state index is 14.5.